The van der Waals surface area contributed by atoms with Gasteiger partial charge >= 0.3 is 11.9 Å². The molecule has 9 saturated heterocycles. The fourth-order valence-electron chi connectivity index (χ4n) is 12.2. The minimum atomic E-state index is -2.45. The molecule has 9 rings (SSSR count). The largest absolute Gasteiger partial charge is 0.463 e. The van der Waals surface area contributed by atoms with Gasteiger partial charge in [-0.2, -0.15) is 0 Å². The van der Waals surface area contributed by atoms with Crippen molar-refractivity contribution in [3.8, 4) is 0 Å². The summed E-state index contributed by atoms with van der Waals surface area (Å²) < 4.78 is 109. The van der Waals surface area contributed by atoms with Crippen LogP contribution in [-0.2, 0) is 99.6 Å². The van der Waals surface area contributed by atoms with Gasteiger partial charge in [-0.15, -0.1) is 0 Å². The summed E-state index contributed by atoms with van der Waals surface area (Å²) in [6.45, 7) is -3.48. The van der Waals surface area contributed by atoms with E-state index in [9.17, 15) is 127 Å². The standard InChI is InChI=1S/C55H90O44/c1-12-23(62)29(68)37(76)50(88-12)99-46-44(89-14(3)58)28(67)20(8-81-13(2)57)92-55(46)98-45-26(65)17(61)7-84-54(45)87-11-22-43(32(71)39(78)52(94-22)95-41-18(4-56)90-47(80)34(73)31(41)70)97-53-40(79)33(72)42(21(93-53)10-86-49-36(75)25(64)16(60)6-83-49)96-51-38(77)30(69)27(66)19(91-51)9-85-48-35(74)24(63)15(59)5-82-48/h12,15-56,59-80H,4-11H2,1-3H3/t12-,15+,16+,17+,18+,19+,20+,21+,22+,23+,24-,25-,26-,27+,28-,29+,30-,31+,32+,33+,34+,35+,36+,37-,38+,39+,40+,41+,42+,43+,44-,45+,46+,47?,48+,49+,50-,51-,52-,53-,54+,55-/m0/s1. The van der Waals surface area contributed by atoms with Crippen molar-refractivity contribution in [3.05, 3.63) is 0 Å². The molecule has 0 radical (unpaired) electrons. The fraction of sp³-hybridized carbons (Fsp3) is 0.964. The summed E-state index contributed by atoms with van der Waals surface area (Å²) in [7, 11) is 0. The molecule has 9 aliphatic rings. The summed E-state index contributed by atoms with van der Waals surface area (Å²) in [5, 5.41) is 252. The number of aliphatic hydroxyl groups is 23. The summed E-state index contributed by atoms with van der Waals surface area (Å²) in [5.74, 6) is -1.99. The number of aliphatic hydroxyl groups excluding tert-OH is 23. The Labute approximate surface area is 559 Å². The Morgan fingerprint density at radius 2 is 0.687 bits per heavy atom. The van der Waals surface area contributed by atoms with Gasteiger partial charge in [0.2, 0.25) is 0 Å². The first kappa shape index (κ1) is 80.4. The first-order chi connectivity index (χ1) is 46.7. The smallest absolute Gasteiger partial charge is 0.303 e. The molecule has 23 N–H and O–H groups in total. The molecule has 1 unspecified atom stereocenters. The van der Waals surface area contributed by atoms with E-state index in [2.05, 4.69) is 0 Å². The van der Waals surface area contributed by atoms with Crippen LogP contribution >= 0.6 is 0 Å². The SMILES string of the molecule is CC(=O)OC[C@H]1O[C@@H](O[C@H]2[C@@H](OC[C@H]3O[C@@H](O[C@H]4[C@H](O)[C@@H](O)C(O)O[C@@H]4CO)[C@H](O)[C@@H](O)[C@@H]3O[C@@H]3O[C@H](CO[C@H]4OC[C@@H](O)[C@H](O)[C@H]4O)[C@@H](O[C@@H]4O[C@H](CO[C@H]5OC[C@@H](O)[C@H](O)[C@H]5O)[C@@H](O)[C@H](O)[C@H]4O)[C@H](O)[C@H]3O)OC[C@@H](O)[C@@H]2O)[C@H](O[C@@H]2O[C@@H](C)[C@@H](O)[C@@H](O)[C@@H]2O)[C@@H](OC(C)=O)[C@H]1O. The molecule has 42 atom stereocenters. The average molecular weight is 1460 g/mol. The predicted octanol–water partition coefficient (Wildman–Crippen LogP) is -16.5. The number of hydrogen-bond acceptors (Lipinski definition) is 44. The van der Waals surface area contributed by atoms with E-state index in [0.717, 1.165) is 13.8 Å². The van der Waals surface area contributed by atoms with Crippen LogP contribution in [0.2, 0.25) is 0 Å². The highest BCUT2D eigenvalue weighted by Crippen LogP contribution is 2.39. The van der Waals surface area contributed by atoms with Gasteiger partial charge in [-0.25, -0.2) is 0 Å². The van der Waals surface area contributed by atoms with E-state index in [0.29, 0.717) is 0 Å². The Hall–Kier alpha value is -2.66. The van der Waals surface area contributed by atoms with Crippen LogP contribution in [0.1, 0.15) is 20.8 Å². The zero-order chi connectivity index (χ0) is 72.5. The fourth-order valence-corrected chi connectivity index (χ4v) is 12.2. The predicted molar refractivity (Wildman–Crippen MR) is 297 cm³/mol. The second-order valence-corrected chi connectivity index (χ2v) is 25.1. The Balaban J connectivity index is 1.01. The maximum atomic E-state index is 12.7. The van der Waals surface area contributed by atoms with Crippen molar-refractivity contribution in [1.82, 2.24) is 0 Å². The van der Waals surface area contributed by atoms with Gasteiger partial charge < -0.3 is 207 Å². The highest BCUT2D eigenvalue weighted by Gasteiger charge is 2.59. The Bertz CT molecular complexity index is 2520. The summed E-state index contributed by atoms with van der Waals surface area (Å²) in [6.07, 6.45) is -83.9. The van der Waals surface area contributed by atoms with Crippen molar-refractivity contribution in [2.45, 2.75) is 279 Å². The number of carbonyl (C=O) groups is 2. The molecule has 9 fully saturated rings. The third-order valence-electron chi connectivity index (χ3n) is 18.0. The number of rotatable bonds is 23. The molecule has 44 heteroatoms. The van der Waals surface area contributed by atoms with Crippen molar-refractivity contribution in [2.24, 2.45) is 0 Å². The van der Waals surface area contributed by atoms with Crippen LogP contribution in [-0.4, -0.2) is 440 Å². The highest BCUT2D eigenvalue weighted by atomic mass is 16.8. The van der Waals surface area contributed by atoms with Gasteiger partial charge in [0.05, 0.1) is 52.4 Å². The van der Waals surface area contributed by atoms with E-state index in [1.807, 2.05) is 0 Å². The van der Waals surface area contributed by atoms with Crippen LogP contribution in [0.15, 0.2) is 0 Å². The quantitative estimate of drug-likeness (QED) is 0.0422. The Kier molecular flexibility index (Phi) is 28.2. The molecule has 0 aliphatic carbocycles. The molecule has 0 aromatic rings. The first-order valence-corrected chi connectivity index (χ1v) is 31.5. The molecule has 9 heterocycles. The molecular formula is C55H90O44. The van der Waals surface area contributed by atoms with E-state index in [4.69, 9.17) is 90.0 Å². The topological polar surface area (TPSA) is 675 Å². The first-order valence-electron chi connectivity index (χ1n) is 31.5. The number of hydrogen-bond donors (Lipinski definition) is 23. The molecule has 9 aliphatic heterocycles. The molecule has 44 nitrogen and oxygen atoms in total. The van der Waals surface area contributed by atoms with E-state index < -0.39 is 323 Å². The van der Waals surface area contributed by atoms with Gasteiger partial charge in [-0.1, -0.05) is 0 Å². The minimum absolute atomic E-state index is 0.520. The maximum Gasteiger partial charge on any atom is 0.303 e. The van der Waals surface area contributed by atoms with Gasteiger partial charge in [0.15, 0.2) is 68.8 Å². The zero-order valence-electron chi connectivity index (χ0n) is 52.8. The maximum absolute atomic E-state index is 12.7. The van der Waals surface area contributed by atoms with E-state index in [-0.39, 0.29) is 0 Å². The molecule has 0 aromatic carbocycles. The number of ether oxygens (including phenoxy) is 19. The van der Waals surface area contributed by atoms with Crippen LogP contribution in [0.25, 0.3) is 0 Å². The lowest BCUT2D eigenvalue weighted by Crippen LogP contribution is -2.68. The second kappa shape index (κ2) is 34.7. The minimum Gasteiger partial charge on any atom is -0.463 e. The monoisotopic (exact) mass is 1450 g/mol. The van der Waals surface area contributed by atoms with Crippen LogP contribution in [0.3, 0.4) is 0 Å². The second-order valence-electron chi connectivity index (χ2n) is 25.1. The van der Waals surface area contributed by atoms with E-state index in [1.54, 1.807) is 0 Å². The lowest BCUT2D eigenvalue weighted by Gasteiger charge is -2.50. The Morgan fingerprint density at radius 3 is 1.18 bits per heavy atom. The van der Waals surface area contributed by atoms with Crippen LogP contribution in [0.5, 0.6) is 0 Å². The molecule has 0 spiro atoms. The number of esters is 2. The summed E-state index contributed by atoms with van der Waals surface area (Å²) in [4.78, 5) is 24.7. The van der Waals surface area contributed by atoms with Gasteiger partial charge in [0.1, 0.15) is 190 Å². The lowest BCUT2D eigenvalue weighted by atomic mass is 9.95. The summed E-state index contributed by atoms with van der Waals surface area (Å²) in [5.41, 5.74) is 0. The molecule has 574 valence electrons. The van der Waals surface area contributed by atoms with Crippen LogP contribution in [0, 0.1) is 0 Å². The van der Waals surface area contributed by atoms with Crippen molar-refractivity contribution >= 4 is 11.9 Å². The molecule has 99 heavy (non-hydrogen) atoms. The summed E-state index contributed by atoms with van der Waals surface area (Å²) >= 11 is 0. The van der Waals surface area contributed by atoms with E-state index >= 15 is 0 Å². The summed E-state index contributed by atoms with van der Waals surface area (Å²) in [6, 6.07) is 0. The van der Waals surface area contributed by atoms with Gasteiger partial charge in [0.25, 0.3) is 0 Å². The van der Waals surface area contributed by atoms with Crippen LogP contribution < -0.4 is 0 Å². The molecule has 0 amide bonds. The normalized spacial score (nSPS) is 51.7. The molecule has 0 bridgehead atoms. The van der Waals surface area contributed by atoms with Gasteiger partial charge in [0, 0.05) is 13.8 Å². The third-order valence-corrected chi connectivity index (χ3v) is 18.0. The van der Waals surface area contributed by atoms with Crippen molar-refractivity contribution < 1.29 is 217 Å². The lowest BCUT2D eigenvalue weighted by molar-refractivity contribution is -0.398. The molecule has 0 saturated carbocycles. The zero-order valence-corrected chi connectivity index (χ0v) is 52.8. The Morgan fingerprint density at radius 1 is 0.313 bits per heavy atom. The van der Waals surface area contributed by atoms with Crippen molar-refractivity contribution in [2.75, 3.05) is 52.9 Å². The van der Waals surface area contributed by atoms with Gasteiger partial charge in [-0.3, -0.25) is 9.59 Å². The van der Waals surface area contributed by atoms with Crippen molar-refractivity contribution in [1.29, 1.82) is 0 Å². The number of carbonyl (C=O) groups excluding carboxylic acids is 2. The highest BCUT2D eigenvalue weighted by molar-refractivity contribution is 5.66. The van der Waals surface area contributed by atoms with E-state index in [1.165, 1.54) is 6.92 Å². The molecule has 0 aromatic heterocycles. The van der Waals surface area contributed by atoms with Crippen LogP contribution in [0.4, 0.5) is 0 Å². The average Bonchev–Trinajstić information content (AvgIpc) is 0.771. The third kappa shape index (κ3) is 18.1. The molecular weight excluding hydrogens is 1360 g/mol. The van der Waals surface area contributed by atoms with Gasteiger partial charge in [-0.05, 0) is 6.92 Å². The van der Waals surface area contributed by atoms with Crippen molar-refractivity contribution in [3.63, 3.8) is 0 Å².